The third-order valence-electron chi connectivity index (χ3n) is 3.04. The van der Waals surface area contributed by atoms with Gasteiger partial charge >= 0.3 is 0 Å². The van der Waals surface area contributed by atoms with Gasteiger partial charge in [-0.3, -0.25) is 0 Å². The lowest BCUT2D eigenvalue weighted by atomic mass is 9.86. The summed E-state index contributed by atoms with van der Waals surface area (Å²) in [5.74, 6) is 1.54. The summed E-state index contributed by atoms with van der Waals surface area (Å²) in [7, 11) is 3.27. The molecule has 1 fully saturated rings. The predicted molar refractivity (Wildman–Crippen MR) is 67.6 cm³/mol. The van der Waals surface area contributed by atoms with Crippen LogP contribution in [0.1, 0.15) is 19.3 Å². The number of hydrogen-bond donors (Lipinski definition) is 0. The molecule has 17 heavy (non-hydrogen) atoms. The van der Waals surface area contributed by atoms with Crippen molar-refractivity contribution in [3.05, 3.63) is 18.2 Å². The second-order valence-corrected chi connectivity index (χ2v) is 5.50. The molecule has 0 aromatic heterocycles. The second kappa shape index (κ2) is 4.89. The van der Waals surface area contributed by atoms with Crippen molar-refractivity contribution in [2.75, 3.05) is 14.2 Å². The number of hydrogen-bond acceptors (Lipinski definition) is 4. The van der Waals surface area contributed by atoms with Gasteiger partial charge in [0.1, 0.15) is 16.2 Å². The van der Waals surface area contributed by atoms with E-state index in [1.807, 2.05) is 18.2 Å². The first kappa shape index (κ1) is 12.1. The molecule has 4 heteroatoms. The van der Waals surface area contributed by atoms with Crippen LogP contribution in [0.2, 0.25) is 0 Å². The normalized spacial score (nSPS) is 16.8. The first-order valence-corrected chi connectivity index (χ1v) is 6.37. The van der Waals surface area contributed by atoms with E-state index in [0.717, 1.165) is 35.7 Å². The van der Waals surface area contributed by atoms with Gasteiger partial charge in [-0.25, -0.2) is 0 Å². The Kier molecular flexibility index (Phi) is 3.49. The lowest BCUT2D eigenvalue weighted by Crippen LogP contribution is -2.31. The van der Waals surface area contributed by atoms with Crippen LogP contribution in [0.4, 0.5) is 0 Å². The molecule has 0 radical (unpaired) electrons. The number of nitriles is 1. The summed E-state index contributed by atoms with van der Waals surface area (Å²) in [6.07, 6.45) is 3.06. The van der Waals surface area contributed by atoms with Crippen molar-refractivity contribution in [3.63, 3.8) is 0 Å². The van der Waals surface area contributed by atoms with Gasteiger partial charge in [0.15, 0.2) is 0 Å². The van der Waals surface area contributed by atoms with Crippen LogP contribution in [-0.2, 0) is 0 Å². The molecule has 1 aliphatic carbocycles. The minimum Gasteiger partial charge on any atom is -0.497 e. The van der Waals surface area contributed by atoms with Gasteiger partial charge in [-0.15, -0.1) is 11.8 Å². The molecule has 0 aliphatic heterocycles. The molecule has 1 saturated carbocycles. The summed E-state index contributed by atoms with van der Waals surface area (Å²) in [5.41, 5.74) is 0. The highest BCUT2D eigenvalue weighted by atomic mass is 32.2. The molecule has 0 saturated heterocycles. The maximum absolute atomic E-state index is 9.23. The highest BCUT2D eigenvalue weighted by molar-refractivity contribution is 8.01. The molecule has 0 heterocycles. The van der Waals surface area contributed by atoms with E-state index in [2.05, 4.69) is 6.07 Å². The molecular weight excluding hydrogens is 234 g/mol. The molecule has 1 aromatic carbocycles. The minimum absolute atomic E-state index is 0.248. The molecule has 0 bridgehead atoms. The molecule has 2 rings (SSSR count). The van der Waals surface area contributed by atoms with Crippen molar-refractivity contribution in [2.45, 2.75) is 28.9 Å². The standard InChI is InChI=1S/C13H15NO2S/c1-15-10-4-5-12(11(8-10)16-2)17-13(9-14)6-3-7-13/h4-5,8H,3,6-7H2,1-2H3. The monoisotopic (exact) mass is 249 g/mol. The number of benzene rings is 1. The smallest absolute Gasteiger partial charge is 0.136 e. The van der Waals surface area contributed by atoms with Crippen LogP contribution < -0.4 is 9.47 Å². The van der Waals surface area contributed by atoms with Gasteiger partial charge in [0.2, 0.25) is 0 Å². The summed E-state index contributed by atoms with van der Waals surface area (Å²) in [6, 6.07) is 8.13. The largest absolute Gasteiger partial charge is 0.497 e. The van der Waals surface area contributed by atoms with Crippen LogP contribution in [-0.4, -0.2) is 19.0 Å². The van der Waals surface area contributed by atoms with Gasteiger partial charge < -0.3 is 9.47 Å². The molecule has 1 aliphatic rings. The topological polar surface area (TPSA) is 42.2 Å². The highest BCUT2D eigenvalue weighted by Crippen LogP contribution is 2.49. The molecular formula is C13H15NO2S. The van der Waals surface area contributed by atoms with Gasteiger partial charge in [0, 0.05) is 6.07 Å². The number of methoxy groups -OCH3 is 2. The van der Waals surface area contributed by atoms with E-state index < -0.39 is 0 Å². The van der Waals surface area contributed by atoms with Crippen molar-refractivity contribution in [1.29, 1.82) is 5.26 Å². The molecule has 3 nitrogen and oxygen atoms in total. The quantitative estimate of drug-likeness (QED) is 0.821. The average Bonchev–Trinajstić information content (AvgIpc) is 2.34. The Balaban J connectivity index is 2.23. The van der Waals surface area contributed by atoms with E-state index >= 15 is 0 Å². The Morgan fingerprint density at radius 1 is 1.29 bits per heavy atom. The zero-order valence-electron chi connectivity index (χ0n) is 10.0. The Hall–Kier alpha value is -1.34. The lowest BCUT2D eigenvalue weighted by Gasteiger charge is -2.34. The van der Waals surface area contributed by atoms with E-state index in [-0.39, 0.29) is 4.75 Å². The van der Waals surface area contributed by atoms with Gasteiger partial charge in [0.05, 0.1) is 25.2 Å². The maximum atomic E-state index is 9.23. The van der Waals surface area contributed by atoms with Gasteiger partial charge in [-0.2, -0.15) is 5.26 Å². The fraction of sp³-hybridized carbons (Fsp3) is 0.462. The van der Waals surface area contributed by atoms with Gasteiger partial charge in [-0.05, 0) is 31.4 Å². The summed E-state index contributed by atoms with van der Waals surface area (Å²) in [6.45, 7) is 0. The van der Waals surface area contributed by atoms with Crippen LogP contribution in [0.3, 0.4) is 0 Å². The van der Waals surface area contributed by atoms with Crippen LogP contribution >= 0.6 is 11.8 Å². The molecule has 0 unspecified atom stereocenters. The fourth-order valence-electron chi connectivity index (χ4n) is 1.80. The van der Waals surface area contributed by atoms with E-state index in [9.17, 15) is 5.26 Å². The van der Waals surface area contributed by atoms with Crippen LogP contribution in [0.5, 0.6) is 11.5 Å². The molecule has 90 valence electrons. The Bertz CT molecular complexity index is 449. The molecule has 0 amide bonds. The number of ether oxygens (including phenoxy) is 2. The number of nitrogens with zero attached hydrogens (tertiary/aromatic N) is 1. The van der Waals surface area contributed by atoms with E-state index in [0.29, 0.717) is 0 Å². The molecule has 1 aromatic rings. The zero-order chi connectivity index (χ0) is 12.3. The summed E-state index contributed by atoms with van der Waals surface area (Å²) in [5, 5.41) is 9.23. The Morgan fingerprint density at radius 3 is 2.53 bits per heavy atom. The first-order valence-electron chi connectivity index (χ1n) is 5.55. The van der Waals surface area contributed by atoms with Crippen molar-refractivity contribution in [2.24, 2.45) is 0 Å². The van der Waals surface area contributed by atoms with Crippen molar-refractivity contribution in [1.82, 2.24) is 0 Å². The summed E-state index contributed by atoms with van der Waals surface area (Å²) < 4.78 is 10.2. The summed E-state index contributed by atoms with van der Waals surface area (Å²) >= 11 is 1.61. The average molecular weight is 249 g/mol. The van der Waals surface area contributed by atoms with Gasteiger partial charge in [-0.1, -0.05) is 0 Å². The molecule has 0 atom stereocenters. The van der Waals surface area contributed by atoms with Gasteiger partial charge in [0.25, 0.3) is 0 Å². The molecule has 0 spiro atoms. The third-order valence-corrected chi connectivity index (χ3v) is 4.49. The summed E-state index contributed by atoms with van der Waals surface area (Å²) in [4.78, 5) is 1.01. The Morgan fingerprint density at radius 2 is 2.06 bits per heavy atom. The highest BCUT2D eigenvalue weighted by Gasteiger charge is 2.39. The van der Waals surface area contributed by atoms with Crippen LogP contribution in [0, 0.1) is 11.3 Å². The second-order valence-electron chi connectivity index (χ2n) is 4.08. The SMILES string of the molecule is COc1ccc(SC2(C#N)CCC2)c(OC)c1. The zero-order valence-corrected chi connectivity index (χ0v) is 10.8. The van der Waals surface area contributed by atoms with Crippen LogP contribution in [0.25, 0.3) is 0 Å². The molecule has 0 N–H and O–H groups in total. The van der Waals surface area contributed by atoms with E-state index in [4.69, 9.17) is 9.47 Å². The van der Waals surface area contributed by atoms with Crippen LogP contribution in [0.15, 0.2) is 23.1 Å². The third kappa shape index (κ3) is 2.34. The van der Waals surface area contributed by atoms with Crippen molar-refractivity contribution in [3.8, 4) is 17.6 Å². The minimum atomic E-state index is -0.248. The van der Waals surface area contributed by atoms with E-state index in [1.54, 1.807) is 26.0 Å². The van der Waals surface area contributed by atoms with E-state index in [1.165, 1.54) is 0 Å². The van der Waals surface area contributed by atoms with Crippen molar-refractivity contribution >= 4 is 11.8 Å². The Labute approximate surface area is 106 Å². The number of rotatable bonds is 4. The van der Waals surface area contributed by atoms with Crippen molar-refractivity contribution < 1.29 is 9.47 Å². The lowest BCUT2D eigenvalue weighted by molar-refractivity contribution is 0.386. The maximum Gasteiger partial charge on any atom is 0.136 e. The first-order chi connectivity index (χ1) is 8.23. The number of thioether (sulfide) groups is 1. The fourth-order valence-corrected chi connectivity index (χ4v) is 3.14. The predicted octanol–water partition coefficient (Wildman–Crippen LogP) is 3.24.